The predicted molar refractivity (Wildman–Crippen MR) is 119 cm³/mol. The molecule has 0 fully saturated rings. The van der Waals surface area contributed by atoms with Crippen molar-refractivity contribution < 1.29 is 13.9 Å². The molecule has 1 atom stereocenters. The molecular formula is C25H23FN2O2. The van der Waals surface area contributed by atoms with Gasteiger partial charge in [0.1, 0.15) is 17.3 Å². The van der Waals surface area contributed by atoms with Crippen molar-refractivity contribution in [2.45, 2.75) is 12.5 Å². The van der Waals surface area contributed by atoms with E-state index in [2.05, 4.69) is 0 Å². The zero-order valence-electron chi connectivity index (χ0n) is 17.0. The van der Waals surface area contributed by atoms with Gasteiger partial charge in [0.15, 0.2) is 0 Å². The molecule has 5 heteroatoms. The standard InChI is InChI=1S/C25H23FN2O2/c1-29-24-12-5-3-8-18(24)14-15-20-17-23(22-11-4-6-13-25(22)30-2)28(27-20)21-10-7-9-19(26)16-21/h3-16,23H,17H2,1-2H3/b15-14+/t23-/m1/s1. The van der Waals surface area contributed by atoms with Crippen LogP contribution in [0, 0.1) is 5.82 Å². The van der Waals surface area contributed by atoms with E-state index in [-0.39, 0.29) is 11.9 Å². The highest BCUT2D eigenvalue weighted by Gasteiger charge is 2.30. The highest BCUT2D eigenvalue weighted by Crippen LogP contribution is 2.39. The van der Waals surface area contributed by atoms with Crippen LogP contribution in [0.3, 0.4) is 0 Å². The number of rotatable bonds is 6. The Hall–Kier alpha value is -3.60. The molecule has 30 heavy (non-hydrogen) atoms. The summed E-state index contributed by atoms with van der Waals surface area (Å²) < 4.78 is 24.9. The highest BCUT2D eigenvalue weighted by molar-refractivity contribution is 6.01. The van der Waals surface area contributed by atoms with Gasteiger partial charge < -0.3 is 9.47 Å². The molecule has 0 aliphatic carbocycles. The van der Waals surface area contributed by atoms with Gasteiger partial charge in [0, 0.05) is 17.5 Å². The number of anilines is 1. The number of allylic oxidation sites excluding steroid dienone is 1. The predicted octanol–water partition coefficient (Wildman–Crippen LogP) is 5.86. The normalized spacial score (nSPS) is 16.0. The Morgan fingerprint density at radius 2 is 1.63 bits per heavy atom. The first kappa shape index (κ1) is 19.7. The molecule has 0 aromatic heterocycles. The Labute approximate surface area is 175 Å². The van der Waals surface area contributed by atoms with Crippen molar-refractivity contribution in [1.29, 1.82) is 0 Å². The first-order valence-corrected chi connectivity index (χ1v) is 9.76. The maximum atomic E-state index is 13.9. The fourth-order valence-corrected chi connectivity index (χ4v) is 3.66. The zero-order chi connectivity index (χ0) is 20.9. The molecular weight excluding hydrogens is 379 g/mol. The van der Waals surface area contributed by atoms with Crippen molar-refractivity contribution in [2.24, 2.45) is 5.10 Å². The van der Waals surface area contributed by atoms with Crippen LogP contribution in [0.1, 0.15) is 23.6 Å². The van der Waals surface area contributed by atoms with Crippen LogP contribution in [0.4, 0.5) is 10.1 Å². The molecule has 0 bridgehead atoms. The second-order valence-electron chi connectivity index (χ2n) is 6.95. The molecule has 4 rings (SSSR count). The van der Waals surface area contributed by atoms with E-state index in [9.17, 15) is 4.39 Å². The molecule has 0 N–H and O–H groups in total. The van der Waals surface area contributed by atoms with Crippen LogP contribution < -0.4 is 14.5 Å². The fraction of sp³-hybridized carbons (Fsp3) is 0.160. The van der Waals surface area contributed by atoms with Gasteiger partial charge in [-0.2, -0.15) is 5.10 Å². The van der Waals surface area contributed by atoms with Gasteiger partial charge in [0.2, 0.25) is 0 Å². The number of para-hydroxylation sites is 2. The van der Waals surface area contributed by atoms with E-state index in [0.29, 0.717) is 12.1 Å². The van der Waals surface area contributed by atoms with Crippen LogP contribution >= 0.6 is 0 Å². The minimum Gasteiger partial charge on any atom is -0.496 e. The number of halogens is 1. The van der Waals surface area contributed by atoms with Crippen molar-refractivity contribution >= 4 is 17.5 Å². The lowest BCUT2D eigenvalue weighted by atomic mass is 9.99. The maximum Gasteiger partial charge on any atom is 0.126 e. The highest BCUT2D eigenvalue weighted by atomic mass is 19.1. The Morgan fingerprint density at radius 1 is 0.900 bits per heavy atom. The van der Waals surface area contributed by atoms with Crippen LogP contribution in [-0.2, 0) is 0 Å². The van der Waals surface area contributed by atoms with Crippen LogP contribution in [0.2, 0.25) is 0 Å². The summed E-state index contributed by atoms with van der Waals surface area (Å²) in [6.45, 7) is 0. The van der Waals surface area contributed by atoms with Crippen LogP contribution in [0.15, 0.2) is 84.0 Å². The van der Waals surface area contributed by atoms with Crippen molar-refractivity contribution in [1.82, 2.24) is 0 Å². The van der Waals surface area contributed by atoms with Gasteiger partial charge in [-0.1, -0.05) is 42.5 Å². The summed E-state index contributed by atoms with van der Waals surface area (Å²) >= 11 is 0. The summed E-state index contributed by atoms with van der Waals surface area (Å²) in [7, 11) is 3.31. The molecule has 3 aromatic rings. The molecule has 3 aromatic carbocycles. The smallest absolute Gasteiger partial charge is 0.126 e. The van der Waals surface area contributed by atoms with E-state index in [1.54, 1.807) is 20.3 Å². The number of ether oxygens (including phenoxy) is 2. The fourth-order valence-electron chi connectivity index (χ4n) is 3.66. The number of methoxy groups -OCH3 is 2. The van der Waals surface area contributed by atoms with E-state index in [4.69, 9.17) is 14.6 Å². The molecule has 1 heterocycles. The topological polar surface area (TPSA) is 34.1 Å². The van der Waals surface area contributed by atoms with E-state index in [1.807, 2.05) is 71.8 Å². The molecule has 0 radical (unpaired) electrons. The Morgan fingerprint density at radius 3 is 2.40 bits per heavy atom. The van der Waals surface area contributed by atoms with E-state index in [1.165, 1.54) is 12.1 Å². The summed E-state index contributed by atoms with van der Waals surface area (Å²) in [6.07, 6.45) is 4.65. The third-order valence-corrected chi connectivity index (χ3v) is 5.10. The van der Waals surface area contributed by atoms with Gasteiger partial charge in [0.25, 0.3) is 0 Å². The summed E-state index contributed by atoms with van der Waals surface area (Å²) in [6, 6.07) is 22.1. The number of hydrazone groups is 1. The third-order valence-electron chi connectivity index (χ3n) is 5.10. The van der Waals surface area contributed by atoms with Crippen molar-refractivity contribution in [3.05, 3.63) is 95.8 Å². The van der Waals surface area contributed by atoms with Gasteiger partial charge >= 0.3 is 0 Å². The number of nitrogens with zero attached hydrogens (tertiary/aromatic N) is 2. The molecule has 0 unspecified atom stereocenters. The summed E-state index contributed by atoms with van der Waals surface area (Å²) in [5.74, 6) is 1.30. The Balaban J connectivity index is 1.71. The quantitative estimate of drug-likeness (QED) is 0.518. The average molecular weight is 402 g/mol. The van der Waals surface area contributed by atoms with Gasteiger partial charge in [-0.3, -0.25) is 5.01 Å². The van der Waals surface area contributed by atoms with Crippen LogP contribution in [0.25, 0.3) is 6.08 Å². The first-order valence-electron chi connectivity index (χ1n) is 9.76. The minimum absolute atomic E-state index is 0.0970. The molecule has 1 aliphatic heterocycles. The van der Waals surface area contributed by atoms with Gasteiger partial charge in [-0.05, 0) is 42.5 Å². The second kappa shape index (κ2) is 8.82. The summed E-state index contributed by atoms with van der Waals surface area (Å²) in [5, 5.41) is 6.67. The monoisotopic (exact) mass is 402 g/mol. The van der Waals surface area contributed by atoms with E-state index >= 15 is 0 Å². The molecule has 1 aliphatic rings. The summed E-state index contributed by atoms with van der Waals surface area (Å²) in [4.78, 5) is 0. The molecule has 152 valence electrons. The number of benzene rings is 3. The van der Waals surface area contributed by atoms with E-state index in [0.717, 1.165) is 28.3 Å². The first-order chi connectivity index (χ1) is 14.7. The molecule has 0 amide bonds. The maximum absolute atomic E-state index is 13.9. The molecule has 0 saturated heterocycles. The molecule has 0 saturated carbocycles. The Bertz CT molecular complexity index is 1090. The van der Waals surface area contributed by atoms with Gasteiger partial charge in [-0.15, -0.1) is 0 Å². The Kier molecular flexibility index (Phi) is 5.80. The van der Waals surface area contributed by atoms with Crippen molar-refractivity contribution in [3.8, 4) is 11.5 Å². The third kappa shape index (κ3) is 4.06. The number of hydrogen-bond acceptors (Lipinski definition) is 4. The minimum atomic E-state index is -0.292. The SMILES string of the molecule is COc1ccccc1/C=C/C1=NN(c2cccc(F)c2)[C@@H](c2ccccc2OC)C1. The lowest BCUT2D eigenvalue weighted by Crippen LogP contribution is -2.19. The summed E-state index contributed by atoms with van der Waals surface area (Å²) in [5.41, 5.74) is 3.57. The van der Waals surface area contributed by atoms with Crippen molar-refractivity contribution in [2.75, 3.05) is 19.2 Å². The molecule has 4 nitrogen and oxygen atoms in total. The lowest BCUT2D eigenvalue weighted by molar-refractivity contribution is 0.405. The largest absolute Gasteiger partial charge is 0.496 e. The van der Waals surface area contributed by atoms with Crippen LogP contribution in [0.5, 0.6) is 11.5 Å². The van der Waals surface area contributed by atoms with Crippen molar-refractivity contribution in [3.63, 3.8) is 0 Å². The van der Waals surface area contributed by atoms with Gasteiger partial charge in [-0.25, -0.2) is 4.39 Å². The zero-order valence-corrected chi connectivity index (χ0v) is 17.0. The number of hydrogen-bond donors (Lipinski definition) is 0. The van der Waals surface area contributed by atoms with Gasteiger partial charge in [0.05, 0.1) is 31.7 Å². The van der Waals surface area contributed by atoms with E-state index < -0.39 is 0 Å². The lowest BCUT2D eigenvalue weighted by Gasteiger charge is -2.25. The second-order valence-corrected chi connectivity index (χ2v) is 6.95. The molecule has 0 spiro atoms. The average Bonchev–Trinajstić information content (AvgIpc) is 3.22. The van der Waals surface area contributed by atoms with Crippen LogP contribution in [-0.4, -0.2) is 19.9 Å².